The molecule has 4 heavy (non-hydrogen) atoms. The van der Waals surface area contributed by atoms with Crippen LogP contribution in [0.4, 0.5) is 0 Å². The molecule has 0 fully saturated rings. The second kappa shape index (κ2) is 19.3. The van der Waals surface area contributed by atoms with E-state index in [9.17, 15) is 0 Å². The Morgan fingerprint density at radius 2 is 1.00 bits per heavy atom. The van der Waals surface area contributed by atoms with Gasteiger partial charge in [-0.1, -0.05) is 0 Å². The zero-order valence-electron chi connectivity index (χ0n) is 1.47. The summed E-state index contributed by atoms with van der Waals surface area (Å²) in [4.78, 5) is 0. The molecule has 0 heterocycles. The topological polar surface area (TPSA) is 0 Å². The molecule has 0 aliphatic rings. The first-order valence-corrected chi connectivity index (χ1v) is 0. The molecule has 0 aromatic heterocycles. The number of hydrogen-bond acceptors (Lipinski definition) is 0. The molecule has 0 aromatic carbocycles. The van der Waals surface area contributed by atoms with Crippen LogP contribution in [-0.2, 0) is 69.5 Å². The summed E-state index contributed by atoms with van der Waals surface area (Å²) in [5, 5.41) is 0. The number of rotatable bonds is 0. The molecule has 0 rings (SSSR count). The SMILES string of the molecule is [Cr].[Cu].[Ni].[V]. The zero-order valence-corrected chi connectivity index (χ0v) is 6.07. The summed E-state index contributed by atoms with van der Waals surface area (Å²) >= 11 is 0. The van der Waals surface area contributed by atoms with Crippen LogP contribution >= 0.6 is 0 Å². The third-order valence-corrected chi connectivity index (χ3v) is 0. The summed E-state index contributed by atoms with van der Waals surface area (Å²) in [6.07, 6.45) is 0. The van der Waals surface area contributed by atoms with Gasteiger partial charge in [0, 0.05) is 69.5 Å². The van der Waals surface area contributed by atoms with Crippen LogP contribution in [0.3, 0.4) is 0 Å². The van der Waals surface area contributed by atoms with Gasteiger partial charge in [0.1, 0.15) is 0 Å². The molecule has 0 unspecified atom stereocenters. The average Bonchev–Trinajstić information content (AvgIpc) is 0. The molecular formula is CrCuNiV. The van der Waals surface area contributed by atoms with Crippen molar-refractivity contribution in [3.8, 4) is 0 Å². The third kappa shape index (κ3) is 8.92. The van der Waals surface area contributed by atoms with E-state index in [1.54, 1.807) is 0 Å². The van der Waals surface area contributed by atoms with Gasteiger partial charge >= 0.3 is 0 Å². The Morgan fingerprint density at radius 1 is 1.00 bits per heavy atom. The van der Waals surface area contributed by atoms with Crippen molar-refractivity contribution >= 4 is 0 Å². The van der Waals surface area contributed by atoms with Crippen molar-refractivity contribution in [1.82, 2.24) is 0 Å². The summed E-state index contributed by atoms with van der Waals surface area (Å²) in [6, 6.07) is 0. The molecule has 0 saturated carbocycles. The van der Waals surface area contributed by atoms with Crippen LogP contribution in [0.1, 0.15) is 0 Å². The third-order valence-electron chi connectivity index (χ3n) is 0. The van der Waals surface area contributed by atoms with E-state index in [0.717, 1.165) is 0 Å². The minimum Gasteiger partial charge on any atom is 0 e. The molecule has 0 atom stereocenters. The van der Waals surface area contributed by atoms with E-state index in [1.807, 2.05) is 0 Å². The van der Waals surface area contributed by atoms with Crippen LogP contribution in [-0.4, -0.2) is 0 Å². The Labute approximate surface area is 68.9 Å². The molecule has 0 aliphatic heterocycles. The minimum atomic E-state index is 0. The first kappa shape index (κ1) is 35.6. The maximum Gasteiger partial charge on any atom is 0 e. The van der Waals surface area contributed by atoms with E-state index in [2.05, 4.69) is 0 Å². The summed E-state index contributed by atoms with van der Waals surface area (Å²) in [7, 11) is 0. The van der Waals surface area contributed by atoms with Gasteiger partial charge < -0.3 is 0 Å². The van der Waals surface area contributed by atoms with Crippen molar-refractivity contribution in [3.63, 3.8) is 0 Å². The van der Waals surface area contributed by atoms with E-state index < -0.39 is 0 Å². The molecule has 4 heteroatoms. The Hall–Kier alpha value is 2.13. The van der Waals surface area contributed by atoms with Gasteiger partial charge in [-0.05, 0) is 0 Å². The van der Waals surface area contributed by atoms with Gasteiger partial charge in [0.15, 0.2) is 0 Å². The van der Waals surface area contributed by atoms with E-state index in [1.165, 1.54) is 0 Å². The zero-order chi connectivity index (χ0) is 0. The molecule has 2 radical (unpaired) electrons. The summed E-state index contributed by atoms with van der Waals surface area (Å²) < 4.78 is 0. The van der Waals surface area contributed by atoms with Crippen molar-refractivity contribution in [2.24, 2.45) is 0 Å². The van der Waals surface area contributed by atoms with Gasteiger partial charge in [-0.15, -0.1) is 0 Å². The summed E-state index contributed by atoms with van der Waals surface area (Å²) in [5.41, 5.74) is 0. The largest absolute Gasteiger partial charge is 0 e. The second-order valence-corrected chi connectivity index (χ2v) is 0. The fourth-order valence-electron chi connectivity index (χ4n) is 0. The van der Waals surface area contributed by atoms with Gasteiger partial charge in [0.05, 0.1) is 0 Å². The van der Waals surface area contributed by atoms with Crippen molar-refractivity contribution in [3.05, 3.63) is 0 Å². The van der Waals surface area contributed by atoms with E-state index >= 15 is 0 Å². The molecular weight excluding hydrogens is 225 g/mol. The van der Waals surface area contributed by atoms with Crippen LogP contribution < -0.4 is 0 Å². The Kier molecular flexibility index (Phi) is 171. The molecule has 0 N–H and O–H groups in total. The summed E-state index contributed by atoms with van der Waals surface area (Å²) in [5.74, 6) is 0. The van der Waals surface area contributed by atoms with Crippen molar-refractivity contribution in [1.29, 1.82) is 0 Å². The first-order valence-electron chi connectivity index (χ1n) is 0. The quantitative estimate of drug-likeness (QED) is 0.509. The molecule has 0 amide bonds. The fourth-order valence-corrected chi connectivity index (χ4v) is 0. The van der Waals surface area contributed by atoms with Crippen LogP contribution in [0.5, 0.6) is 0 Å². The predicted molar refractivity (Wildman–Crippen MR) is 0 cm³/mol. The van der Waals surface area contributed by atoms with E-state index in [0.29, 0.717) is 0 Å². The minimum absolute atomic E-state index is 0. The molecule has 0 spiro atoms. The monoisotopic (exact) mass is 224 g/mol. The van der Waals surface area contributed by atoms with Gasteiger partial charge in [-0.3, -0.25) is 0 Å². The van der Waals surface area contributed by atoms with Crippen molar-refractivity contribution in [2.45, 2.75) is 0 Å². The number of hydrogen-bond donors (Lipinski definition) is 0. The van der Waals surface area contributed by atoms with Crippen LogP contribution in [0.25, 0.3) is 0 Å². The average molecular weight is 225 g/mol. The normalized spacial score (nSPS) is 0. The second-order valence-electron chi connectivity index (χ2n) is 0. The Balaban J connectivity index is 0. The van der Waals surface area contributed by atoms with Crippen molar-refractivity contribution < 1.29 is 69.5 Å². The van der Waals surface area contributed by atoms with Gasteiger partial charge in [0.25, 0.3) is 0 Å². The van der Waals surface area contributed by atoms with E-state index in [-0.39, 0.29) is 69.5 Å². The molecule has 0 aliphatic carbocycles. The fraction of sp³-hybridized carbons (Fsp3) is 0. The van der Waals surface area contributed by atoms with Crippen LogP contribution in [0.2, 0.25) is 0 Å². The summed E-state index contributed by atoms with van der Waals surface area (Å²) in [6.45, 7) is 0. The maximum atomic E-state index is 0. The molecule has 32 valence electrons. The van der Waals surface area contributed by atoms with Crippen LogP contribution in [0, 0.1) is 0 Å². The van der Waals surface area contributed by atoms with Gasteiger partial charge in [-0.25, -0.2) is 0 Å². The smallest absolute Gasteiger partial charge is 0 e. The van der Waals surface area contributed by atoms with Gasteiger partial charge in [-0.2, -0.15) is 0 Å². The van der Waals surface area contributed by atoms with Crippen molar-refractivity contribution in [2.75, 3.05) is 0 Å². The molecule has 0 nitrogen and oxygen atoms in total. The standard InChI is InChI=1S/Cr.Cu.Ni.V. The van der Waals surface area contributed by atoms with Gasteiger partial charge in [0.2, 0.25) is 0 Å². The molecule has 0 saturated heterocycles. The van der Waals surface area contributed by atoms with Crippen LogP contribution in [0.15, 0.2) is 0 Å². The molecule has 0 aromatic rings. The first-order chi connectivity index (χ1) is 0. The maximum absolute atomic E-state index is 0. The Morgan fingerprint density at radius 3 is 1.00 bits per heavy atom. The molecule has 0 bridgehead atoms. The predicted octanol–water partition coefficient (Wildman–Crippen LogP) is -0.0100. The van der Waals surface area contributed by atoms with E-state index in [4.69, 9.17) is 0 Å². The Bertz CT molecular complexity index is 8.00.